The average Bonchev–Trinajstić information content (AvgIpc) is 2.69. The second-order valence-electron chi connectivity index (χ2n) is 8.09. The molecule has 4 nitrogen and oxygen atoms in total. The third-order valence-electron chi connectivity index (χ3n) is 5.21. The number of benzene rings is 2. The first-order chi connectivity index (χ1) is 14.0. The Bertz CT molecular complexity index is 792. The van der Waals surface area contributed by atoms with Gasteiger partial charge in [0.25, 0.3) is 0 Å². The summed E-state index contributed by atoms with van der Waals surface area (Å²) in [6, 6.07) is 14.4. The molecular weight excluding hydrogens is 403 g/mol. The van der Waals surface area contributed by atoms with Gasteiger partial charge in [-0.15, -0.1) is 12.4 Å². The van der Waals surface area contributed by atoms with Crippen LogP contribution in [-0.4, -0.2) is 30.0 Å². The van der Waals surface area contributed by atoms with Gasteiger partial charge in [0.15, 0.2) is 0 Å². The molecule has 0 unspecified atom stereocenters. The number of carbonyl (C=O) groups is 1. The molecule has 0 aliphatic carbocycles. The smallest absolute Gasteiger partial charge is 0.223 e. The highest BCUT2D eigenvalue weighted by Gasteiger charge is 2.21. The number of halogens is 2. The van der Waals surface area contributed by atoms with E-state index < -0.39 is 0 Å². The van der Waals surface area contributed by atoms with Gasteiger partial charge in [-0.05, 0) is 81.1 Å². The van der Waals surface area contributed by atoms with Crippen LogP contribution in [0.25, 0.3) is 0 Å². The van der Waals surface area contributed by atoms with E-state index >= 15 is 0 Å². The maximum Gasteiger partial charge on any atom is 0.223 e. The van der Waals surface area contributed by atoms with Crippen molar-refractivity contribution in [2.24, 2.45) is 5.92 Å². The molecule has 0 bridgehead atoms. The number of hydrogen-bond acceptors (Lipinski definition) is 3. The molecule has 164 valence electrons. The third kappa shape index (κ3) is 7.62. The zero-order chi connectivity index (χ0) is 20.6. The lowest BCUT2D eigenvalue weighted by Crippen LogP contribution is -2.34. The number of amides is 1. The van der Waals surface area contributed by atoms with E-state index in [4.69, 9.17) is 4.74 Å². The summed E-state index contributed by atoms with van der Waals surface area (Å²) in [6.45, 7) is 6.84. The molecule has 0 radical (unpaired) electrons. The Balaban J connectivity index is 0.00000320. The molecule has 0 spiro atoms. The SMILES string of the molecule is CC(C)Oc1ccc(CN(Cc2cccc(F)c2)C(=O)CC2CCNCC2)cc1.Cl. The number of rotatable bonds is 8. The fourth-order valence-corrected chi connectivity index (χ4v) is 3.72. The first-order valence-electron chi connectivity index (χ1n) is 10.5. The molecule has 1 aliphatic heterocycles. The maximum atomic E-state index is 13.6. The molecule has 1 aliphatic rings. The Labute approximate surface area is 185 Å². The van der Waals surface area contributed by atoms with Crippen molar-refractivity contribution in [1.29, 1.82) is 0 Å². The van der Waals surface area contributed by atoms with Crippen LogP contribution in [0.3, 0.4) is 0 Å². The number of nitrogens with zero attached hydrogens (tertiary/aromatic N) is 1. The standard InChI is InChI=1S/C24H31FN2O2.ClH/c1-18(2)29-23-8-6-20(7-9-23)16-27(17-21-4-3-5-22(25)14-21)24(28)15-19-10-12-26-13-11-19;/h3-9,14,18-19,26H,10-13,15-17H2,1-2H3;1H. The van der Waals surface area contributed by atoms with Crippen molar-refractivity contribution in [2.75, 3.05) is 13.1 Å². The molecule has 1 heterocycles. The second-order valence-corrected chi connectivity index (χ2v) is 8.09. The number of nitrogens with one attached hydrogen (secondary N) is 1. The highest BCUT2D eigenvalue weighted by atomic mass is 35.5. The van der Waals surface area contributed by atoms with Crippen LogP contribution in [0.2, 0.25) is 0 Å². The molecule has 0 aromatic heterocycles. The van der Waals surface area contributed by atoms with Gasteiger partial charge in [0.1, 0.15) is 11.6 Å². The predicted octanol–water partition coefficient (Wildman–Crippen LogP) is 4.95. The Hall–Kier alpha value is -2.11. The molecule has 0 saturated carbocycles. The van der Waals surface area contributed by atoms with E-state index in [1.807, 2.05) is 49.1 Å². The van der Waals surface area contributed by atoms with Gasteiger partial charge in [-0.2, -0.15) is 0 Å². The third-order valence-corrected chi connectivity index (χ3v) is 5.21. The van der Waals surface area contributed by atoms with Crippen LogP contribution < -0.4 is 10.1 Å². The van der Waals surface area contributed by atoms with Gasteiger partial charge in [0, 0.05) is 19.5 Å². The largest absolute Gasteiger partial charge is 0.491 e. The molecule has 2 aromatic rings. The van der Waals surface area contributed by atoms with Crippen molar-refractivity contribution in [3.05, 3.63) is 65.5 Å². The topological polar surface area (TPSA) is 41.6 Å². The predicted molar refractivity (Wildman–Crippen MR) is 120 cm³/mol. The second kappa shape index (κ2) is 11.9. The molecule has 1 fully saturated rings. The van der Waals surface area contributed by atoms with E-state index in [0.29, 0.717) is 25.4 Å². The summed E-state index contributed by atoms with van der Waals surface area (Å²) in [5.41, 5.74) is 1.85. The van der Waals surface area contributed by atoms with Crippen molar-refractivity contribution in [1.82, 2.24) is 10.2 Å². The van der Waals surface area contributed by atoms with E-state index in [-0.39, 0.29) is 30.2 Å². The summed E-state index contributed by atoms with van der Waals surface area (Å²) in [5, 5.41) is 3.34. The summed E-state index contributed by atoms with van der Waals surface area (Å²) >= 11 is 0. The van der Waals surface area contributed by atoms with Gasteiger partial charge in [-0.1, -0.05) is 24.3 Å². The molecule has 2 aromatic carbocycles. The molecule has 1 N–H and O–H groups in total. The fraction of sp³-hybridized carbons (Fsp3) is 0.458. The van der Waals surface area contributed by atoms with Crippen LogP contribution in [0.5, 0.6) is 5.75 Å². The lowest BCUT2D eigenvalue weighted by molar-refractivity contribution is -0.133. The van der Waals surface area contributed by atoms with Crippen molar-refractivity contribution >= 4 is 18.3 Å². The van der Waals surface area contributed by atoms with Crippen LogP contribution >= 0.6 is 12.4 Å². The van der Waals surface area contributed by atoms with Gasteiger partial charge in [0.2, 0.25) is 5.91 Å². The van der Waals surface area contributed by atoms with Gasteiger partial charge in [0.05, 0.1) is 6.10 Å². The van der Waals surface area contributed by atoms with Crippen LogP contribution in [0.1, 0.15) is 44.2 Å². The number of ether oxygens (including phenoxy) is 1. The van der Waals surface area contributed by atoms with Gasteiger partial charge >= 0.3 is 0 Å². The summed E-state index contributed by atoms with van der Waals surface area (Å²) in [4.78, 5) is 14.9. The number of piperidine rings is 1. The van der Waals surface area contributed by atoms with Gasteiger partial charge in [-0.3, -0.25) is 4.79 Å². The number of carbonyl (C=O) groups excluding carboxylic acids is 1. The van der Waals surface area contributed by atoms with Crippen molar-refractivity contribution in [3.63, 3.8) is 0 Å². The van der Waals surface area contributed by atoms with E-state index in [0.717, 1.165) is 42.8 Å². The van der Waals surface area contributed by atoms with Crippen molar-refractivity contribution in [2.45, 2.75) is 52.3 Å². The Morgan fingerprint density at radius 3 is 2.40 bits per heavy atom. The average molecular weight is 435 g/mol. The molecule has 0 atom stereocenters. The minimum absolute atomic E-state index is 0. The molecule has 1 amide bonds. The van der Waals surface area contributed by atoms with Crippen molar-refractivity contribution in [3.8, 4) is 5.75 Å². The highest BCUT2D eigenvalue weighted by Crippen LogP contribution is 2.21. The lowest BCUT2D eigenvalue weighted by atomic mass is 9.94. The van der Waals surface area contributed by atoms with Gasteiger partial charge in [-0.25, -0.2) is 4.39 Å². The van der Waals surface area contributed by atoms with E-state index in [1.54, 1.807) is 6.07 Å². The minimum Gasteiger partial charge on any atom is -0.491 e. The maximum absolute atomic E-state index is 13.6. The molecule has 1 saturated heterocycles. The number of hydrogen-bond donors (Lipinski definition) is 1. The fourth-order valence-electron chi connectivity index (χ4n) is 3.72. The summed E-state index contributed by atoms with van der Waals surface area (Å²) in [7, 11) is 0. The van der Waals surface area contributed by atoms with Crippen LogP contribution in [-0.2, 0) is 17.9 Å². The first-order valence-corrected chi connectivity index (χ1v) is 10.5. The molecule has 3 rings (SSSR count). The zero-order valence-corrected chi connectivity index (χ0v) is 18.6. The summed E-state index contributed by atoms with van der Waals surface area (Å²) in [6.07, 6.45) is 2.73. The minimum atomic E-state index is -0.275. The monoisotopic (exact) mass is 434 g/mol. The quantitative estimate of drug-likeness (QED) is 0.638. The zero-order valence-electron chi connectivity index (χ0n) is 17.8. The first kappa shape index (κ1) is 24.2. The highest BCUT2D eigenvalue weighted by molar-refractivity contribution is 5.85. The van der Waals surface area contributed by atoms with Crippen LogP contribution in [0.15, 0.2) is 48.5 Å². The van der Waals surface area contributed by atoms with Crippen molar-refractivity contribution < 1.29 is 13.9 Å². The Morgan fingerprint density at radius 1 is 1.10 bits per heavy atom. The van der Waals surface area contributed by atoms with E-state index in [1.165, 1.54) is 12.1 Å². The normalized spacial score (nSPS) is 14.3. The van der Waals surface area contributed by atoms with E-state index in [9.17, 15) is 9.18 Å². The van der Waals surface area contributed by atoms with Gasteiger partial charge < -0.3 is 15.0 Å². The molecule has 30 heavy (non-hydrogen) atoms. The summed E-state index contributed by atoms with van der Waals surface area (Å²) < 4.78 is 19.3. The lowest BCUT2D eigenvalue weighted by Gasteiger charge is -2.27. The molecular formula is C24H32ClFN2O2. The van der Waals surface area contributed by atoms with E-state index in [2.05, 4.69) is 5.32 Å². The van der Waals surface area contributed by atoms with Crippen LogP contribution in [0.4, 0.5) is 4.39 Å². The molecule has 6 heteroatoms. The summed E-state index contributed by atoms with van der Waals surface area (Å²) in [5.74, 6) is 1.09. The van der Waals surface area contributed by atoms with Crippen LogP contribution in [0, 0.1) is 11.7 Å². The Kier molecular flexibility index (Phi) is 9.60. The Morgan fingerprint density at radius 2 is 1.77 bits per heavy atom.